The monoisotopic (exact) mass is 505 g/mol. The molecule has 8 heteroatoms. The summed E-state index contributed by atoms with van der Waals surface area (Å²) in [6.45, 7) is 12.5. The summed E-state index contributed by atoms with van der Waals surface area (Å²) in [6.07, 6.45) is 7.40. The zero-order valence-electron chi connectivity index (χ0n) is 21.9. The summed E-state index contributed by atoms with van der Waals surface area (Å²) in [7, 11) is 1.84. The molecular formula is C28H44FN3O4. The molecule has 0 bridgehead atoms. The van der Waals surface area contributed by atoms with E-state index in [1.165, 1.54) is 12.1 Å². The molecule has 0 saturated carbocycles. The van der Waals surface area contributed by atoms with Crippen LogP contribution in [0.2, 0.25) is 0 Å². The number of nitrogens with one attached hydrogen (secondary N) is 2. The normalized spacial score (nSPS) is 18.2. The average Bonchev–Trinajstić information content (AvgIpc) is 2.88. The van der Waals surface area contributed by atoms with E-state index < -0.39 is 11.4 Å². The maximum Gasteiger partial charge on any atom is 0.317 e. The Labute approximate surface area is 215 Å². The highest BCUT2D eigenvalue weighted by atomic mass is 19.1. The quantitative estimate of drug-likeness (QED) is 0.230. The molecule has 3 N–H and O–H groups in total. The van der Waals surface area contributed by atoms with Crippen molar-refractivity contribution in [2.24, 2.45) is 5.92 Å². The van der Waals surface area contributed by atoms with Gasteiger partial charge in [-0.25, -0.2) is 9.18 Å². The standard InChI is InChI=1S/C28H44FN3O4/c1-5-11-24(20-30-4)31-27(33)32-16-10-12-22(21-32)28(34,15-8-9-18-35-7-3)25-19-23(29)13-14-26(25)36-17-6-2/h5-6,13-14,19,22,24,30,34H,1-2,7-12,15-18,20-21H2,3-4H3,(H,31,33)/t22-,24+,28+/m1/s1. The van der Waals surface area contributed by atoms with E-state index in [4.69, 9.17) is 9.47 Å². The third-order valence-electron chi connectivity index (χ3n) is 6.68. The second kappa shape index (κ2) is 15.6. The van der Waals surface area contributed by atoms with E-state index in [1.807, 2.05) is 14.0 Å². The molecule has 1 fully saturated rings. The first-order valence-corrected chi connectivity index (χ1v) is 13.0. The molecule has 1 heterocycles. The number of ether oxygens (including phenoxy) is 2. The number of nitrogens with zero attached hydrogens (tertiary/aromatic N) is 1. The second-order valence-electron chi connectivity index (χ2n) is 9.33. The minimum atomic E-state index is -1.37. The lowest BCUT2D eigenvalue weighted by Gasteiger charge is -2.43. The number of benzene rings is 1. The van der Waals surface area contributed by atoms with Gasteiger partial charge in [-0.05, 0) is 70.7 Å². The molecule has 2 amide bonds. The third-order valence-corrected chi connectivity index (χ3v) is 6.68. The van der Waals surface area contributed by atoms with Crippen molar-refractivity contribution in [3.63, 3.8) is 0 Å². The van der Waals surface area contributed by atoms with Crippen LogP contribution in [-0.4, -0.2) is 68.6 Å². The Bertz CT molecular complexity index is 837. The van der Waals surface area contributed by atoms with Crippen LogP contribution in [0.25, 0.3) is 0 Å². The molecule has 1 aromatic carbocycles. The minimum absolute atomic E-state index is 0.0695. The van der Waals surface area contributed by atoms with Gasteiger partial charge < -0.3 is 30.1 Å². The van der Waals surface area contributed by atoms with Crippen molar-refractivity contribution in [3.05, 3.63) is 54.9 Å². The molecular weight excluding hydrogens is 461 g/mol. The van der Waals surface area contributed by atoms with Gasteiger partial charge in [0, 0.05) is 50.4 Å². The Morgan fingerprint density at radius 1 is 1.36 bits per heavy atom. The van der Waals surface area contributed by atoms with E-state index >= 15 is 0 Å². The average molecular weight is 506 g/mol. The molecule has 1 saturated heterocycles. The molecule has 7 nitrogen and oxygen atoms in total. The van der Waals surface area contributed by atoms with Gasteiger partial charge in [-0.2, -0.15) is 0 Å². The van der Waals surface area contributed by atoms with Crippen molar-refractivity contribution in [3.8, 4) is 5.75 Å². The summed E-state index contributed by atoms with van der Waals surface area (Å²) in [4.78, 5) is 14.9. The number of hydrogen-bond donors (Lipinski definition) is 3. The van der Waals surface area contributed by atoms with Gasteiger partial charge in [0.15, 0.2) is 0 Å². The first kappa shape index (κ1) is 29.8. The van der Waals surface area contributed by atoms with Crippen molar-refractivity contribution in [2.45, 2.75) is 57.1 Å². The molecule has 0 radical (unpaired) electrons. The molecule has 0 aliphatic carbocycles. The second-order valence-corrected chi connectivity index (χ2v) is 9.33. The first-order valence-electron chi connectivity index (χ1n) is 13.0. The van der Waals surface area contributed by atoms with Gasteiger partial charge in [0.05, 0.1) is 5.60 Å². The number of likely N-dealkylation sites (N-methyl/N-ethyl adjacent to an activating group) is 1. The van der Waals surface area contributed by atoms with Crippen molar-refractivity contribution < 1.29 is 23.8 Å². The van der Waals surface area contributed by atoms with E-state index in [9.17, 15) is 14.3 Å². The molecule has 36 heavy (non-hydrogen) atoms. The Morgan fingerprint density at radius 3 is 2.86 bits per heavy atom. The molecule has 2 rings (SSSR count). The summed E-state index contributed by atoms with van der Waals surface area (Å²) in [6, 6.07) is 4.03. The number of rotatable bonds is 16. The first-order chi connectivity index (χ1) is 17.4. The highest BCUT2D eigenvalue weighted by Gasteiger charge is 2.43. The largest absolute Gasteiger partial charge is 0.489 e. The van der Waals surface area contributed by atoms with Crippen LogP contribution in [-0.2, 0) is 10.3 Å². The van der Waals surface area contributed by atoms with Gasteiger partial charge in [-0.1, -0.05) is 18.7 Å². The van der Waals surface area contributed by atoms with Crippen LogP contribution < -0.4 is 15.4 Å². The number of urea groups is 1. The number of hydrogen-bond acceptors (Lipinski definition) is 5. The fourth-order valence-electron chi connectivity index (χ4n) is 4.87. The van der Waals surface area contributed by atoms with Gasteiger partial charge in [-0.3, -0.25) is 0 Å². The van der Waals surface area contributed by atoms with E-state index in [2.05, 4.69) is 23.8 Å². The van der Waals surface area contributed by atoms with Crippen LogP contribution in [0.1, 0.15) is 51.0 Å². The number of unbranched alkanes of at least 4 members (excludes halogenated alkanes) is 1. The fourth-order valence-corrected chi connectivity index (χ4v) is 4.87. The number of halogens is 1. The van der Waals surface area contributed by atoms with Gasteiger partial charge in [0.1, 0.15) is 18.2 Å². The summed E-state index contributed by atoms with van der Waals surface area (Å²) in [5, 5.41) is 18.4. The van der Waals surface area contributed by atoms with Crippen LogP contribution in [0.15, 0.2) is 43.5 Å². The number of aliphatic hydroxyl groups is 1. The highest BCUT2D eigenvalue weighted by Crippen LogP contribution is 2.43. The lowest BCUT2D eigenvalue weighted by atomic mass is 9.73. The van der Waals surface area contributed by atoms with Gasteiger partial charge in [0.25, 0.3) is 0 Å². The molecule has 0 spiro atoms. The number of amides is 2. The zero-order valence-corrected chi connectivity index (χ0v) is 21.9. The third kappa shape index (κ3) is 8.61. The topological polar surface area (TPSA) is 83.1 Å². The predicted octanol–water partition coefficient (Wildman–Crippen LogP) is 4.37. The maximum absolute atomic E-state index is 14.5. The van der Waals surface area contributed by atoms with Crippen LogP contribution in [0.4, 0.5) is 9.18 Å². The van der Waals surface area contributed by atoms with Crippen LogP contribution >= 0.6 is 0 Å². The number of piperidine rings is 1. The molecule has 1 aliphatic heterocycles. The van der Waals surface area contributed by atoms with E-state index in [-0.39, 0.29) is 24.6 Å². The Balaban J connectivity index is 2.30. The van der Waals surface area contributed by atoms with E-state index in [0.717, 1.165) is 19.3 Å². The fraction of sp³-hybridized carbons (Fsp3) is 0.607. The van der Waals surface area contributed by atoms with Crippen molar-refractivity contribution in [2.75, 3.05) is 46.5 Å². The molecule has 0 aromatic heterocycles. The molecule has 3 atom stereocenters. The molecule has 202 valence electrons. The number of likely N-dealkylation sites (tertiary alicyclic amines) is 1. The SMILES string of the molecule is C=CCOc1ccc(F)cc1[C@](O)(CCCCOCC)[C@@H]1CCCN(C(=O)N[C@@H](CC=C)CNC)C1. The van der Waals surface area contributed by atoms with Gasteiger partial charge in [0.2, 0.25) is 0 Å². The highest BCUT2D eigenvalue weighted by molar-refractivity contribution is 5.74. The summed E-state index contributed by atoms with van der Waals surface area (Å²) in [5.41, 5.74) is -0.942. The number of carbonyl (C=O) groups is 1. The molecule has 0 unspecified atom stereocenters. The minimum Gasteiger partial charge on any atom is -0.489 e. The van der Waals surface area contributed by atoms with Crippen molar-refractivity contribution in [1.82, 2.24) is 15.5 Å². The van der Waals surface area contributed by atoms with Crippen molar-refractivity contribution in [1.29, 1.82) is 0 Å². The Hall–Kier alpha value is -2.42. The van der Waals surface area contributed by atoms with E-state index in [0.29, 0.717) is 63.4 Å². The lowest BCUT2D eigenvalue weighted by Crippen LogP contribution is -2.53. The molecule has 1 aliphatic rings. The molecule has 1 aromatic rings. The lowest BCUT2D eigenvalue weighted by molar-refractivity contribution is -0.0582. The van der Waals surface area contributed by atoms with Crippen LogP contribution in [0.5, 0.6) is 5.75 Å². The Morgan fingerprint density at radius 2 is 2.17 bits per heavy atom. The van der Waals surface area contributed by atoms with Crippen LogP contribution in [0.3, 0.4) is 0 Å². The van der Waals surface area contributed by atoms with E-state index in [1.54, 1.807) is 23.1 Å². The van der Waals surface area contributed by atoms with Gasteiger partial charge in [-0.15, -0.1) is 6.58 Å². The summed E-state index contributed by atoms with van der Waals surface area (Å²) >= 11 is 0. The predicted molar refractivity (Wildman–Crippen MR) is 142 cm³/mol. The van der Waals surface area contributed by atoms with Crippen molar-refractivity contribution >= 4 is 6.03 Å². The summed E-state index contributed by atoms with van der Waals surface area (Å²) in [5.74, 6) is -0.280. The van der Waals surface area contributed by atoms with Gasteiger partial charge >= 0.3 is 6.03 Å². The van der Waals surface area contributed by atoms with Crippen LogP contribution in [0, 0.1) is 11.7 Å². The maximum atomic E-state index is 14.5. The number of carbonyl (C=O) groups excluding carboxylic acids is 1. The zero-order chi connectivity index (χ0) is 26.4. The summed E-state index contributed by atoms with van der Waals surface area (Å²) < 4.78 is 25.7. The smallest absolute Gasteiger partial charge is 0.317 e. The Kier molecular flexibility index (Phi) is 12.9.